The van der Waals surface area contributed by atoms with Crippen molar-refractivity contribution in [3.63, 3.8) is 0 Å². The zero-order valence-electron chi connectivity index (χ0n) is 12.5. The lowest BCUT2D eigenvalue weighted by molar-refractivity contribution is 1.28. The van der Waals surface area contributed by atoms with Crippen LogP contribution >= 0.6 is 11.3 Å². The van der Waals surface area contributed by atoms with E-state index in [0.29, 0.717) is 5.56 Å². The van der Waals surface area contributed by atoms with Gasteiger partial charge in [-0.3, -0.25) is 5.43 Å². The summed E-state index contributed by atoms with van der Waals surface area (Å²) in [5.74, 6) is 0. The molecule has 0 unspecified atom stereocenters. The molecule has 0 aliphatic rings. The lowest BCUT2D eigenvalue weighted by Crippen LogP contribution is -1.90. The number of hydrazone groups is 1. The fraction of sp³-hybridized carbons (Fsp3) is 0.0556. The zero-order chi connectivity index (χ0) is 16.1. The number of aromatic nitrogens is 1. The van der Waals surface area contributed by atoms with E-state index in [4.69, 9.17) is 5.26 Å². The number of nitriles is 1. The van der Waals surface area contributed by atoms with E-state index in [2.05, 4.69) is 28.5 Å². The maximum atomic E-state index is 8.77. The van der Waals surface area contributed by atoms with Gasteiger partial charge in [0.2, 0.25) is 5.13 Å². The number of anilines is 1. The topological polar surface area (TPSA) is 61.1 Å². The number of thiazole rings is 1. The molecule has 2 aromatic carbocycles. The summed E-state index contributed by atoms with van der Waals surface area (Å²) < 4.78 is 0. The van der Waals surface area contributed by atoms with Crippen LogP contribution in [0.1, 0.15) is 16.0 Å². The van der Waals surface area contributed by atoms with E-state index < -0.39 is 0 Å². The number of rotatable bonds is 4. The fourth-order valence-electron chi connectivity index (χ4n) is 2.11. The van der Waals surface area contributed by atoms with E-state index in [1.165, 1.54) is 0 Å². The predicted octanol–water partition coefficient (Wildman–Crippen LogP) is 4.44. The Bertz CT molecular complexity index is 858. The Morgan fingerprint density at radius 3 is 2.57 bits per heavy atom. The molecule has 1 aromatic heterocycles. The molecule has 0 bridgehead atoms. The van der Waals surface area contributed by atoms with Crippen LogP contribution in [0.25, 0.3) is 11.3 Å². The van der Waals surface area contributed by atoms with E-state index in [9.17, 15) is 0 Å². The van der Waals surface area contributed by atoms with Crippen molar-refractivity contribution < 1.29 is 0 Å². The summed E-state index contributed by atoms with van der Waals surface area (Å²) in [6.07, 6.45) is 1.71. The molecule has 0 saturated carbocycles. The molecule has 0 atom stereocenters. The number of aryl methyl sites for hydroxylation is 1. The maximum absolute atomic E-state index is 8.77. The van der Waals surface area contributed by atoms with Gasteiger partial charge in [0.05, 0.1) is 23.5 Å². The van der Waals surface area contributed by atoms with Crippen LogP contribution in [-0.4, -0.2) is 11.2 Å². The van der Waals surface area contributed by atoms with Crippen LogP contribution in [0.15, 0.2) is 59.7 Å². The first-order chi connectivity index (χ1) is 11.3. The van der Waals surface area contributed by atoms with E-state index in [1.54, 1.807) is 29.7 Å². The first kappa shape index (κ1) is 14.9. The van der Waals surface area contributed by atoms with E-state index in [0.717, 1.165) is 26.8 Å². The molecule has 0 radical (unpaired) electrons. The molecular weight excluding hydrogens is 304 g/mol. The van der Waals surface area contributed by atoms with Gasteiger partial charge in [-0.2, -0.15) is 10.4 Å². The van der Waals surface area contributed by atoms with Gasteiger partial charge in [0.1, 0.15) is 0 Å². The largest absolute Gasteiger partial charge is 0.253 e. The third-order valence-electron chi connectivity index (χ3n) is 3.26. The number of hydrogen-bond donors (Lipinski definition) is 1. The SMILES string of the molecule is Cc1sc(N/N=C/c2ccc(C#N)cc2)nc1-c1ccccc1. The van der Waals surface area contributed by atoms with Crippen molar-refractivity contribution in [2.75, 3.05) is 5.43 Å². The molecule has 0 aliphatic carbocycles. The average molecular weight is 318 g/mol. The van der Waals surface area contributed by atoms with Gasteiger partial charge in [-0.15, -0.1) is 11.3 Å². The molecule has 5 heteroatoms. The molecule has 0 fully saturated rings. The van der Waals surface area contributed by atoms with Gasteiger partial charge in [0.25, 0.3) is 0 Å². The molecule has 4 nitrogen and oxygen atoms in total. The van der Waals surface area contributed by atoms with Crippen LogP contribution in [0.5, 0.6) is 0 Å². The Labute approximate surface area is 138 Å². The van der Waals surface area contributed by atoms with E-state index in [-0.39, 0.29) is 0 Å². The van der Waals surface area contributed by atoms with Crippen LogP contribution < -0.4 is 5.43 Å². The highest BCUT2D eigenvalue weighted by Crippen LogP contribution is 2.30. The molecule has 1 heterocycles. The molecular formula is C18H14N4S. The lowest BCUT2D eigenvalue weighted by atomic mass is 10.1. The van der Waals surface area contributed by atoms with Crippen molar-refractivity contribution in [1.82, 2.24) is 4.98 Å². The molecule has 3 rings (SSSR count). The Kier molecular flexibility index (Phi) is 4.46. The Balaban J connectivity index is 1.71. The van der Waals surface area contributed by atoms with Gasteiger partial charge in [-0.05, 0) is 24.6 Å². The van der Waals surface area contributed by atoms with Gasteiger partial charge in [0.15, 0.2) is 0 Å². The van der Waals surface area contributed by atoms with Gasteiger partial charge < -0.3 is 0 Å². The maximum Gasteiger partial charge on any atom is 0.204 e. The number of nitrogens with one attached hydrogen (secondary N) is 1. The van der Waals surface area contributed by atoms with Gasteiger partial charge >= 0.3 is 0 Å². The first-order valence-electron chi connectivity index (χ1n) is 7.08. The van der Waals surface area contributed by atoms with E-state index >= 15 is 0 Å². The second-order valence-corrected chi connectivity index (χ2v) is 6.10. The van der Waals surface area contributed by atoms with Gasteiger partial charge in [0, 0.05) is 10.4 Å². The minimum Gasteiger partial charge on any atom is -0.253 e. The van der Waals surface area contributed by atoms with Crippen molar-refractivity contribution in [1.29, 1.82) is 5.26 Å². The van der Waals surface area contributed by atoms with Crippen molar-refractivity contribution >= 4 is 22.7 Å². The van der Waals surface area contributed by atoms with Crippen molar-refractivity contribution in [3.05, 3.63) is 70.6 Å². The Morgan fingerprint density at radius 1 is 1.13 bits per heavy atom. The molecule has 23 heavy (non-hydrogen) atoms. The summed E-state index contributed by atoms with van der Waals surface area (Å²) in [4.78, 5) is 5.73. The molecule has 0 spiro atoms. The van der Waals surface area contributed by atoms with Crippen LogP contribution in [-0.2, 0) is 0 Å². The lowest BCUT2D eigenvalue weighted by Gasteiger charge is -1.97. The smallest absolute Gasteiger partial charge is 0.204 e. The summed E-state index contributed by atoms with van der Waals surface area (Å²) in [7, 11) is 0. The molecule has 0 aliphatic heterocycles. The van der Waals surface area contributed by atoms with Crippen LogP contribution in [0.2, 0.25) is 0 Å². The molecule has 3 aromatic rings. The second kappa shape index (κ2) is 6.86. The van der Waals surface area contributed by atoms with Crippen LogP contribution in [0.3, 0.4) is 0 Å². The Hall–Kier alpha value is -2.97. The molecule has 112 valence electrons. The number of benzene rings is 2. The zero-order valence-corrected chi connectivity index (χ0v) is 13.3. The number of nitrogens with zero attached hydrogens (tertiary/aromatic N) is 3. The third kappa shape index (κ3) is 3.62. The summed E-state index contributed by atoms with van der Waals surface area (Å²) in [6, 6.07) is 19.4. The summed E-state index contributed by atoms with van der Waals surface area (Å²) in [5, 5.41) is 13.7. The summed E-state index contributed by atoms with van der Waals surface area (Å²) >= 11 is 1.57. The summed E-state index contributed by atoms with van der Waals surface area (Å²) in [5.41, 5.74) is 6.61. The second-order valence-electron chi connectivity index (χ2n) is 4.89. The van der Waals surface area contributed by atoms with Gasteiger partial charge in [-0.25, -0.2) is 4.98 Å². The number of hydrogen-bond acceptors (Lipinski definition) is 5. The monoisotopic (exact) mass is 318 g/mol. The normalized spacial score (nSPS) is 10.6. The van der Waals surface area contributed by atoms with Crippen molar-refractivity contribution in [2.45, 2.75) is 6.92 Å². The van der Waals surface area contributed by atoms with Crippen LogP contribution in [0.4, 0.5) is 5.13 Å². The van der Waals surface area contributed by atoms with Crippen LogP contribution in [0, 0.1) is 18.3 Å². The van der Waals surface area contributed by atoms with Crippen molar-refractivity contribution in [3.8, 4) is 17.3 Å². The highest BCUT2D eigenvalue weighted by Gasteiger charge is 2.08. The highest BCUT2D eigenvalue weighted by molar-refractivity contribution is 7.15. The third-order valence-corrected chi connectivity index (χ3v) is 4.13. The minimum absolute atomic E-state index is 0.637. The minimum atomic E-state index is 0.637. The molecule has 0 saturated heterocycles. The fourth-order valence-corrected chi connectivity index (χ4v) is 2.90. The predicted molar refractivity (Wildman–Crippen MR) is 94.7 cm³/mol. The highest BCUT2D eigenvalue weighted by atomic mass is 32.1. The standard InChI is InChI=1S/C18H14N4S/c1-13-17(16-5-3-2-4-6-16)21-18(23-13)22-20-12-15-9-7-14(11-19)8-10-15/h2-10,12H,1H3,(H,21,22)/b20-12+. The van der Waals surface area contributed by atoms with Gasteiger partial charge in [-0.1, -0.05) is 42.5 Å². The first-order valence-corrected chi connectivity index (χ1v) is 7.90. The average Bonchev–Trinajstić information content (AvgIpc) is 2.97. The van der Waals surface area contributed by atoms with E-state index in [1.807, 2.05) is 42.5 Å². The molecule has 1 N–H and O–H groups in total. The Morgan fingerprint density at radius 2 is 1.87 bits per heavy atom. The summed E-state index contributed by atoms with van der Waals surface area (Å²) in [6.45, 7) is 2.05. The molecule has 0 amide bonds. The van der Waals surface area contributed by atoms with Crippen molar-refractivity contribution in [2.24, 2.45) is 5.10 Å². The quantitative estimate of drug-likeness (QED) is 0.571.